The van der Waals surface area contributed by atoms with Gasteiger partial charge in [0.1, 0.15) is 5.82 Å². The van der Waals surface area contributed by atoms with E-state index < -0.39 is 0 Å². The number of hydrogen-bond acceptors (Lipinski definition) is 4. The van der Waals surface area contributed by atoms with Crippen LogP contribution >= 0.6 is 15.9 Å². The van der Waals surface area contributed by atoms with Gasteiger partial charge in [0.05, 0.1) is 10.2 Å². The average Bonchev–Trinajstić information content (AvgIpc) is 2.33. The van der Waals surface area contributed by atoms with E-state index in [1.807, 2.05) is 26.0 Å². The first-order valence-corrected chi connectivity index (χ1v) is 7.08. The number of nitrogens with two attached hydrogens (primary N) is 1. The molecule has 0 saturated carbocycles. The van der Waals surface area contributed by atoms with Crippen molar-refractivity contribution in [2.45, 2.75) is 33.6 Å². The highest BCUT2D eigenvalue weighted by atomic mass is 79.9. The number of nitrogen functional groups attached to an aromatic ring is 1. The van der Waals surface area contributed by atoms with Gasteiger partial charge in [-0.3, -0.25) is 4.98 Å². The number of halogens is 1. The highest BCUT2D eigenvalue weighted by molar-refractivity contribution is 9.10. The second-order valence-electron chi connectivity index (χ2n) is 4.58. The van der Waals surface area contributed by atoms with Crippen molar-refractivity contribution in [2.75, 3.05) is 5.73 Å². The van der Waals surface area contributed by atoms with Gasteiger partial charge in [0.15, 0.2) is 5.82 Å². The predicted molar refractivity (Wildman–Crippen MR) is 80.8 cm³/mol. The molecule has 0 aliphatic rings. The Bertz CT molecular complexity index is 590. The van der Waals surface area contributed by atoms with Gasteiger partial charge in [-0.05, 0) is 48.3 Å². The molecule has 0 fully saturated rings. The van der Waals surface area contributed by atoms with Crippen LogP contribution in [0.15, 0.2) is 16.6 Å². The predicted octanol–water partition coefficient (Wildman–Crippen LogP) is 3.45. The monoisotopic (exact) mass is 320 g/mol. The Labute approximate surface area is 121 Å². The largest absolute Gasteiger partial charge is 0.383 e. The van der Waals surface area contributed by atoms with Crippen LogP contribution in [0.3, 0.4) is 0 Å². The average molecular weight is 321 g/mol. The Kier molecular flexibility index (Phi) is 4.14. The quantitative estimate of drug-likeness (QED) is 0.940. The normalized spacial score (nSPS) is 10.7. The van der Waals surface area contributed by atoms with Crippen LogP contribution < -0.4 is 5.73 Å². The lowest BCUT2D eigenvalue weighted by Crippen LogP contribution is -2.03. The molecule has 2 N–H and O–H groups in total. The second kappa shape index (κ2) is 5.65. The van der Waals surface area contributed by atoms with Crippen molar-refractivity contribution in [3.05, 3.63) is 33.7 Å². The summed E-state index contributed by atoms with van der Waals surface area (Å²) in [6.07, 6.45) is 1.90. The Morgan fingerprint density at radius 1 is 1.11 bits per heavy atom. The minimum absolute atomic E-state index is 0.487. The first-order chi connectivity index (χ1) is 9.01. The summed E-state index contributed by atoms with van der Waals surface area (Å²) >= 11 is 3.45. The van der Waals surface area contributed by atoms with E-state index in [4.69, 9.17) is 5.73 Å². The van der Waals surface area contributed by atoms with Gasteiger partial charge >= 0.3 is 0 Å². The summed E-state index contributed by atoms with van der Waals surface area (Å²) < 4.78 is 0.806. The molecule has 19 heavy (non-hydrogen) atoms. The summed E-state index contributed by atoms with van der Waals surface area (Å²) in [4.78, 5) is 13.3. The molecule has 0 aliphatic carbocycles. The summed E-state index contributed by atoms with van der Waals surface area (Å²) in [6.45, 7) is 6.04. The van der Waals surface area contributed by atoms with Crippen molar-refractivity contribution in [1.29, 1.82) is 0 Å². The topological polar surface area (TPSA) is 64.7 Å². The van der Waals surface area contributed by atoms with Gasteiger partial charge < -0.3 is 5.73 Å². The number of aromatic nitrogens is 3. The zero-order valence-corrected chi connectivity index (χ0v) is 13.0. The van der Waals surface area contributed by atoms with Crippen molar-refractivity contribution in [3.8, 4) is 11.4 Å². The summed E-state index contributed by atoms with van der Waals surface area (Å²) in [6, 6.07) is 3.96. The molecular formula is C14H17BrN4. The van der Waals surface area contributed by atoms with Crippen LogP contribution in [0, 0.1) is 13.8 Å². The maximum Gasteiger partial charge on any atom is 0.161 e. The van der Waals surface area contributed by atoms with Crippen molar-refractivity contribution in [2.24, 2.45) is 0 Å². The molecule has 0 atom stereocenters. The first-order valence-electron chi connectivity index (χ1n) is 6.28. The summed E-state index contributed by atoms with van der Waals surface area (Å²) in [5.41, 5.74) is 9.78. The summed E-state index contributed by atoms with van der Waals surface area (Å²) in [5.74, 6) is 1.15. The van der Waals surface area contributed by atoms with Crippen LogP contribution in [-0.4, -0.2) is 15.0 Å². The second-order valence-corrected chi connectivity index (χ2v) is 5.37. The molecule has 0 aliphatic heterocycles. The van der Waals surface area contributed by atoms with Gasteiger partial charge in [-0.25, -0.2) is 9.97 Å². The lowest BCUT2D eigenvalue weighted by Gasteiger charge is -2.09. The molecule has 0 bridgehead atoms. The maximum atomic E-state index is 5.95. The molecule has 100 valence electrons. The highest BCUT2D eigenvalue weighted by Gasteiger charge is 2.11. The summed E-state index contributed by atoms with van der Waals surface area (Å²) in [7, 11) is 0. The lowest BCUT2D eigenvalue weighted by atomic mass is 10.1. The minimum atomic E-state index is 0.487. The van der Waals surface area contributed by atoms with Crippen LogP contribution in [0.2, 0.25) is 0 Å². The van der Waals surface area contributed by atoms with Gasteiger partial charge in [-0.15, -0.1) is 0 Å². The van der Waals surface area contributed by atoms with Crippen LogP contribution in [-0.2, 0) is 6.42 Å². The minimum Gasteiger partial charge on any atom is -0.383 e. The molecule has 2 rings (SSSR count). The molecule has 0 aromatic carbocycles. The molecule has 4 nitrogen and oxygen atoms in total. The molecule has 0 radical (unpaired) electrons. The fourth-order valence-electron chi connectivity index (χ4n) is 2.01. The third kappa shape index (κ3) is 3.10. The Morgan fingerprint density at radius 3 is 2.32 bits per heavy atom. The number of pyridine rings is 1. The van der Waals surface area contributed by atoms with Crippen molar-refractivity contribution in [3.63, 3.8) is 0 Å². The molecule has 0 unspecified atom stereocenters. The van der Waals surface area contributed by atoms with Crippen LogP contribution in [0.4, 0.5) is 5.82 Å². The van der Waals surface area contributed by atoms with E-state index >= 15 is 0 Å². The third-order valence-electron chi connectivity index (χ3n) is 2.77. The Morgan fingerprint density at radius 2 is 1.74 bits per heavy atom. The zero-order chi connectivity index (χ0) is 14.0. The highest BCUT2D eigenvalue weighted by Crippen LogP contribution is 2.26. The molecule has 0 amide bonds. The fourth-order valence-corrected chi connectivity index (χ4v) is 2.38. The lowest BCUT2D eigenvalue weighted by molar-refractivity contribution is 0.869. The van der Waals surface area contributed by atoms with Gasteiger partial charge in [-0.1, -0.05) is 13.3 Å². The van der Waals surface area contributed by atoms with E-state index in [-0.39, 0.29) is 0 Å². The van der Waals surface area contributed by atoms with E-state index in [2.05, 4.69) is 37.8 Å². The number of hydrogen-bond donors (Lipinski definition) is 1. The van der Waals surface area contributed by atoms with Gasteiger partial charge in [0, 0.05) is 17.0 Å². The molecule has 2 aromatic rings. The number of anilines is 1. The SMILES string of the molecule is CCCc1nc(-c2cc(C)nc(C)c2)nc(N)c1Br. The van der Waals surface area contributed by atoms with Crippen molar-refractivity contribution in [1.82, 2.24) is 15.0 Å². The number of aryl methyl sites for hydroxylation is 3. The van der Waals surface area contributed by atoms with E-state index in [0.717, 1.165) is 40.0 Å². The Balaban J connectivity index is 2.55. The molecule has 0 saturated heterocycles. The zero-order valence-electron chi connectivity index (χ0n) is 11.4. The Hall–Kier alpha value is -1.49. The van der Waals surface area contributed by atoms with Crippen molar-refractivity contribution >= 4 is 21.7 Å². The molecule has 2 heterocycles. The van der Waals surface area contributed by atoms with Gasteiger partial charge in [0.2, 0.25) is 0 Å². The first kappa shape index (κ1) is 13.9. The van der Waals surface area contributed by atoms with Crippen LogP contribution in [0.5, 0.6) is 0 Å². The molecule has 0 spiro atoms. The van der Waals surface area contributed by atoms with Gasteiger partial charge in [0.25, 0.3) is 0 Å². The molecule has 2 aromatic heterocycles. The maximum absolute atomic E-state index is 5.95. The summed E-state index contributed by atoms with van der Waals surface area (Å²) in [5, 5.41) is 0. The van der Waals surface area contributed by atoms with E-state index in [9.17, 15) is 0 Å². The van der Waals surface area contributed by atoms with Crippen LogP contribution in [0.25, 0.3) is 11.4 Å². The third-order valence-corrected chi connectivity index (χ3v) is 3.64. The smallest absolute Gasteiger partial charge is 0.161 e. The fraction of sp³-hybridized carbons (Fsp3) is 0.357. The number of rotatable bonds is 3. The van der Waals surface area contributed by atoms with Crippen molar-refractivity contribution < 1.29 is 0 Å². The molecular weight excluding hydrogens is 304 g/mol. The number of nitrogens with zero attached hydrogens (tertiary/aromatic N) is 3. The van der Waals surface area contributed by atoms with E-state index in [1.165, 1.54) is 0 Å². The standard InChI is InChI=1S/C14H17BrN4/c1-4-5-11-12(15)13(16)19-14(18-11)10-6-8(2)17-9(3)7-10/h6-7H,4-5H2,1-3H3,(H2,16,18,19). The van der Waals surface area contributed by atoms with E-state index in [1.54, 1.807) is 0 Å². The van der Waals surface area contributed by atoms with E-state index in [0.29, 0.717) is 11.6 Å². The van der Waals surface area contributed by atoms with Crippen LogP contribution in [0.1, 0.15) is 30.4 Å². The molecule has 5 heteroatoms. The van der Waals surface area contributed by atoms with Gasteiger partial charge in [-0.2, -0.15) is 0 Å².